The van der Waals surface area contributed by atoms with Gasteiger partial charge in [0.2, 0.25) is 0 Å². The van der Waals surface area contributed by atoms with Gasteiger partial charge in [-0.05, 0) is 51.4 Å². The van der Waals surface area contributed by atoms with Crippen molar-refractivity contribution in [1.82, 2.24) is 0 Å². The molecule has 10 aliphatic rings. The largest absolute Gasteiger partial charge is 0.347 e. The molecule has 6 heterocycles. The maximum atomic E-state index is 6.94. The van der Waals surface area contributed by atoms with Crippen molar-refractivity contribution in [2.45, 2.75) is 213 Å². The molecular formula is C36H54O11. The molecule has 11 heteroatoms. The van der Waals surface area contributed by atoms with E-state index in [1.807, 2.05) is 0 Å². The number of rotatable bonds is 2. The molecular weight excluding hydrogens is 608 g/mol. The Hall–Kier alpha value is -0.440. The highest BCUT2D eigenvalue weighted by Gasteiger charge is 2.66. The molecule has 0 amide bonds. The SMILES string of the molecule is C1CCC2(CC1)O[C@@H]1[C@@H](O2)[C@@H](OC2O[C@@H]3COC4(CCCCC4)O[C@H]3[C@@H]3OC4(CCCCC4)O[C@@H]23)OC2COC3(CCCCC3)O[C@H]21. The molecule has 10 atom stereocenters. The second-order valence-corrected chi connectivity index (χ2v) is 16.2. The van der Waals surface area contributed by atoms with Crippen molar-refractivity contribution in [2.24, 2.45) is 0 Å². The zero-order valence-electron chi connectivity index (χ0n) is 27.8. The van der Waals surface area contributed by atoms with Gasteiger partial charge in [0.1, 0.15) is 48.8 Å². The third-order valence-corrected chi connectivity index (χ3v) is 13.0. The van der Waals surface area contributed by atoms with E-state index in [1.54, 1.807) is 0 Å². The van der Waals surface area contributed by atoms with E-state index in [-0.39, 0.29) is 36.6 Å². The van der Waals surface area contributed by atoms with Crippen molar-refractivity contribution >= 4 is 0 Å². The highest BCUT2D eigenvalue weighted by Crippen LogP contribution is 2.52. The molecule has 11 nitrogen and oxygen atoms in total. The first-order chi connectivity index (χ1) is 23.0. The summed E-state index contributed by atoms with van der Waals surface area (Å²) >= 11 is 0. The first-order valence-corrected chi connectivity index (χ1v) is 19.4. The normalized spacial score (nSPS) is 47.7. The molecule has 4 spiro atoms. The number of ether oxygens (including phenoxy) is 11. The molecule has 2 unspecified atom stereocenters. The van der Waals surface area contributed by atoms with Crippen molar-refractivity contribution in [3.8, 4) is 0 Å². The zero-order chi connectivity index (χ0) is 31.1. The van der Waals surface area contributed by atoms with Gasteiger partial charge < -0.3 is 52.1 Å². The van der Waals surface area contributed by atoms with Gasteiger partial charge >= 0.3 is 0 Å². The Bertz CT molecular complexity index is 1040. The van der Waals surface area contributed by atoms with Gasteiger partial charge in [0.05, 0.1) is 13.2 Å². The Kier molecular flexibility index (Phi) is 8.04. The van der Waals surface area contributed by atoms with E-state index in [0.29, 0.717) is 13.2 Å². The maximum absolute atomic E-state index is 6.94. The summed E-state index contributed by atoms with van der Waals surface area (Å²) in [6, 6.07) is 0. The summed E-state index contributed by atoms with van der Waals surface area (Å²) in [5, 5.41) is 0. The molecule has 0 radical (unpaired) electrons. The minimum absolute atomic E-state index is 0.277. The Morgan fingerprint density at radius 2 is 0.660 bits per heavy atom. The number of fused-ring (bicyclic) bond motifs is 6. The van der Waals surface area contributed by atoms with Gasteiger partial charge in [-0.15, -0.1) is 0 Å². The maximum Gasteiger partial charge on any atom is 0.190 e. The van der Waals surface area contributed by atoms with E-state index in [0.717, 1.165) is 103 Å². The van der Waals surface area contributed by atoms with Crippen LogP contribution < -0.4 is 0 Å². The van der Waals surface area contributed by atoms with E-state index < -0.39 is 47.9 Å². The van der Waals surface area contributed by atoms with Crippen LogP contribution in [0.1, 0.15) is 128 Å². The Morgan fingerprint density at radius 1 is 0.340 bits per heavy atom. The average Bonchev–Trinajstić information content (AvgIpc) is 3.66. The van der Waals surface area contributed by atoms with Gasteiger partial charge in [-0.1, -0.05) is 25.7 Å². The van der Waals surface area contributed by atoms with Gasteiger partial charge in [0, 0.05) is 51.4 Å². The van der Waals surface area contributed by atoms with Gasteiger partial charge in [0.25, 0.3) is 0 Å². The lowest BCUT2D eigenvalue weighted by Crippen LogP contribution is -2.68. The smallest absolute Gasteiger partial charge is 0.190 e. The van der Waals surface area contributed by atoms with Crippen molar-refractivity contribution < 1.29 is 52.1 Å². The van der Waals surface area contributed by atoms with Crippen LogP contribution in [0.15, 0.2) is 0 Å². The molecule has 10 rings (SSSR count). The molecule has 4 aliphatic carbocycles. The molecule has 47 heavy (non-hydrogen) atoms. The van der Waals surface area contributed by atoms with Crippen molar-refractivity contribution in [3.63, 3.8) is 0 Å². The predicted molar refractivity (Wildman–Crippen MR) is 163 cm³/mol. The van der Waals surface area contributed by atoms with Crippen LogP contribution in [0.3, 0.4) is 0 Å². The second-order valence-electron chi connectivity index (χ2n) is 16.2. The fourth-order valence-corrected chi connectivity index (χ4v) is 10.6. The van der Waals surface area contributed by atoms with E-state index in [4.69, 9.17) is 52.1 Å². The highest BCUT2D eigenvalue weighted by molar-refractivity contribution is 5.05. The molecule has 0 aromatic heterocycles. The minimum atomic E-state index is -0.737. The lowest BCUT2D eigenvalue weighted by Gasteiger charge is -2.53. The Morgan fingerprint density at radius 3 is 1.04 bits per heavy atom. The first-order valence-electron chi connectivity index (χ1n) is 19.4. The minimum Gasteiger partial charge on any atom is -0.347 e. The molecule has 6 aliphatic heterocycles. The van der Waals surface area contributed by atoms with Gasteiger partial charge in [0.15, 0.2) is 35.7 Å². The average molecular weight is 663 g/mol. The van der Waals surface area contributed by atoms with Crippen molar-refractivity contribution in [3.05, 3.63) is 0 Å². The van der Waals surface area contributed by atoms with Gasteiger partial charge in [-0.3, -0.25) is 0 Å². The summed E-state index contributed by atoms with van der Waals surface area (Å²) in [5.74, 6) is -2.37. The van der Waals surface area contributed by atoms with Crippen LogP contribution in [0.5, 0.6) is 0 Å². The van der Waals surface area contributed by atoms with E-state index in [1.165, 1.54) is 25.7 Å². The van der Waals surface area contributed by atoms with Crippen molar-refractivity contribution in [1.29, 1.82) is 0 Å². The summed E-state index contributed by atoms with van der Waals surface area (Å²) in [5.41, 5.74) is 0. The first kappa shape index (κ1) is 31.3. The zero-order valence-corrected chi connectivity index (χ0v) is 27.8. The highest BCUT2D eigenvalue weighted by atomic mass is 16.9. The fraction of sp³-hybridized carbons (Fsp3) is 1.00. The molecule has 0 N–H and O–H groups in total. The van der Waals surface area contributed by atoms with E-state index >= 15 is 0 Å². The molecule has 264 valence electrons. The fourth-order valence-electron chi connectivity index (χ4n) is 10.6. The van der Waals surface area contributed by atoms with Crippen LogP contribution in [0.4, 0.5) is 0 Å². The van der Waals surface area contributed by atoms with Crippen LogP contribution in [0.2, 0.25) is 0 Å². The Labute approximate surface area is 278 Å². The molecule has 4 saturated carbocycles. The topological polar surface area (TPSA) is 102 Å². The van der Waals surface area contributed by atoms with E-state index in [9.17, 15) is 0 Å². The Balaban J connectivity index is 0.928. The molecule has 0 aromatic rings. The van der Waals surface area contributed by atoms with Crippen molar-refractivity contribution in [2.75, 3.05) is 13.2 Å². The molecule has 10 fully saturated rings. The van der Waals surface area contributed by atoms with Crippen LogP contribution in [0, 0.1) is 0 Å². The quantitative estimate of drug-likeness (QED) is 0.375. The molecule has 0 aromatic carbocycles. The van der Waals surface area contributed by atoms with E-state index in [2.05, 4.69) is 0 Å². The standard InChI is InChI=1S/C36H54O11/c1-5-13-33(14-6-1)37-21-23-25(42-33)27-29(46-35(44-27)17-9-3-10-18-35)31(39-23)41-32-30-28(45-36(47-30)19-11-4-12-20-36)26-24(40-32)22-38-34(43-26)15-7-2-8-16-34/h23-32H,1-22H2/t23-,24?,25-,26-,27+,28+,29-,30-,31?,32-/m1/s1. The molecule has 6 saturated heterocycles. The van der Waals surface area contributed by atoms with Gasteiger partial charge in [-0.25, -0.2) is 0 Å². The van der Waals surface area contributed by atoms with Crippen LogP contribution in [0.25, 0.3) is 0 Å². The van der Waals surface area contributed by atoms with Crippen LogP contribution >= 0.6 is 0 Å². The number of hydrogen-bond donors (Lipinski definition) is 0. The molecule has 0 bridgehead atoms. The summed E-state index contributed by atoms with van der Waals surface area (Å²) in [6.45, 7) is 0.887. The summed E-state index contributed by atoms with van der Waals surface area (Å²) in [7, 11) is 0. The lowest BCUT2D eigenvalue weighted by molar-refractivity contribution is -0.420. The summed E-state index contributed by atoms with van der Waals surface area (Å²) in [6.07, 6.45) is 16.5. The summed E-state index contributed by atoms with van der Waals surface area (Å²) < 4.78 is 74.8. The second kappa shape index (κ2) is 12.1. The lowest BCUT2D eigenvalue weighted by atomic mass is 9.90. The monoisotopic (exact) mass is 662 g/mol. The predicted octanol–water partition coefficient (Wildman–Crippen LogP) is 5.49. The third-order valence-electron chi connectivity index (χ3n) is 13.0. The van der Waals surface area contributed by atoms with Gasteiger partial charge in [-0.2, -0.15) is 0 Å². The third kappa shape index (κ3) is 5.48. The number of hydrogen-bond acceptors (Lipinski definition) is 11. The van der Waals surface area contributed by atoms with Crippen LogP contribution in [-0.2, 0) is 52.1 Å². The van der Waals surface area contributed by atoms with Crippen LogP contribution in [-0.4, -0.2) is 97.8 Å². The summed E-state index contributed by atoms with van der Waals surface area (Å²) in [4.78, 5) is 0.